The molecular formula is C9H12ClNO. The minimum Gasteiger partial charge on any atom is -0.508 e. The molecule has 0 saturated heterocycles. The van der Waals surface area contributed by atoms with Gasteiger partial charge in [-0.2, -0.15) is 0 Å². The first-order valence-electron chi connectivity index (χ1n) is 3.41. The highest BCUT2D eigenvalue weighted by Crippen LogP contribution is 2.21. The molecule has 0 amide bonds. The number of halogens is 1. The molecule has 0 unspecified atom stereocenters. The Morgan fingerprint density at radius 2 is 2.00 bits per heavy atom. The fourth-order valence-electron chi connectivity index (χ4n) is 0.896. The van der Waals surface area contributed by atoms with Gasteiger partial charge in [-0.25, -0.2) is 0 Å². The molecule has 12 heavy (non-hydrogen) atoms. The topological polar surface area (TPSA) is 46.2 Å². The molecule has 1 rings (SSSR count). The Hall–Kier alpha value is -0.990. The van der Waals surface area contributed by atoms with Crippen molar-refractivity contribution in [2.75, 3.05) is 0 Å². The first kappa shape index (κ1) is 11.0. The van der Waals surface area contributed by atoms with Gasteiger partial charge in [-0.3, -0.25) is 0 Å². The van der Waals surface area contributed by atoms with Crippen molar-refractivity contribution in [2.45, 2.75) is 6.04 Å². The van der Waals surface area contributed by atoms with Gasteiger partial charge in [0.2, 0.25) is 0 Å². The molecule has 1 atom stereocenters. The van der Waals surface area contributed by atoms with Crippen molar-refractivity contribution in [3.05, 3.63) is 42.5 Å². The van der Waals surface area contributed by atoms with E-state index in [0.717, 1.165) is 0 Å². The molecule has 2 nitrogen and oxygen atoms in total. The van der Waals surface area contributed by atoms with E-state index in [1.165, 1.54) is 0 Å². The van der Waals surface area contributed by atoms with Crippen LogP contribution < -0.4 is 5.73 Å². The molecule has 3 N–H and O–H groups in total. The van der Waals surface area contributed by atoms with E-state index in [4.69, 9.17) is 5.73 Å². The summed E-state index contributed by atoms with van der Waals surface area (Å²) in [5, 5.41) is 9.28. The van der Waals surface area contributed by atoms with Crippen molar-refractivity contribution in [1.29, 1.82) is 0 Å². The van der Waals surface area contributed by atoms with Gasteiger partial charge in [-0.05, 0) is 6.07 Å². The summed E-state index contributed by atoms with van der Waals surface area (Å²) in [7, 11) is 0. The monoisotopic (exact) mass is 185 g/mol. The lowest BCUT2D eigenvalue weighted by molar-refractivity contribution is 0.466. The Morgan fingerprint density at radius 3 is 2.50 bits per heavy atom. The average molecular weight is 186 g/mol. The van der Waals surface area contributed by atoms with Crippen molar-refractivity contribution >= 4 is 12.4 Å². The summed E-state index contributed by atoms with van der Waals surface area (Å²) < 4.78 is 0. The van der Waals surface area contributed by atoms with E-state index >= 15 is 0 Å². The van der Waals surface area contributed by atoms with Crippen LogP contribution in [-0.4, -0.2) is 5.11 Å². The van der Waals surface area contributed by atoms with Gasteiger partial charge in [-0.1, -0.05) is 24.3 Å². The molecule has 0 fully saturated rings. The molecule has 0 saturated carbocycles. The van der Waals surface area contributed by atoms with Crippen LogP contribution in [0.2, 0.25) is 0 Å². The van der Waals surface area contributed by atoms with Crippen LogP contribution in [0.1, 0.15) is 11.6 Å². The number of benzene rings is 1. The lowest BCUT2D eigenvalue weighted by atomic mass is 10.1. The zero-order chi connectivity index (χ0) is 8.27. The maximum atomic E-state index is 9.28. The normalized spacial score (nSPS) is 11.4. The Labute approximate surface area is 78.1 Å². The fraction of sp³-hybridized carbons (Fsp3) is 0.111. The molecule has 0 heterocycles. The van der Waals surface area contributed by atoms with E-state index in [-0.39, 0.29) is 24.2 Å². The van der Waals surface area contributed by atoms with Crippen LogP contribution in [0.5, 0.6) is 5.75 Å². The number of aromatic hydroxyl groups is 1. The highest BCUT2D eigenvalue weighted by atomic mass is 35.5. The number of phenolic OH excluding ortho intramolecular Hbond substituents is 1. The molecular weight excluding hydrogens is 174 g/mol. The first-order valence-corrected chi connectivity index (χ1v) is 3.41. The molecule has 66 valence electrons. The number of para-hydroxylation sites is 1. The smallest absolute Gasteiger partial charge is 0.120 e. The van der Waals surface area contributed by atoms with Gasteiger partial charge >= 0.3 is 0 Å². The van der Waals surface area contributed by atoms with Gasteiger partial charge in [0.05, 0.1) is 6.04 Å². The summed E-state index contributed by atoms with van der Waals surface area (Å²) in [6.07, 6.45) is 1.59. The summed E-state index contributed by atoms with van der Waals surface area (Å²) in [6.45, 7) is 3.54. The summed E-state index contributed by atoms with van der Waals surface area (Å²) >= 11 is 0. The van der Waals surface area contributed by atoms with Crippen LogP contribution in [0.3, 0.4) is 0 Å². The maximum Gasteiger partial charge on any atom is 0.120 e. The third-order valence-electron chi connectivity index (χ3n) is 1.55. The van der Waals surface area contributed by atoms with Crippen LogP contribution in [0.4, 0.5) is 0 Å². The van der Waals surface area contributed by atoms with Crippen molar-refractivity contribution in [2.24, 2.45) is 5.73 Å². The van der Waals surface area contributed by atoms with E-state index < -0.39 is 0 Å². The SMILES string of the molecule is C=C[C@H](N)c1ccccc1O.Cl. The molecule has 0 aliphatic rings. The predicted molar refractivity (Wildman–Crippen MR) is 52.5 cm³/mol. The second-order valence-electron chi connectivity index (χ2n) is 2.32. The molecule has 0 aliphatic heterocycles. The molecule has 1 aromatic carbocycles. The van der Waals surface area contributed by atoms with Crippen LogP contribution in [0.15, 0.2) is 36.9 Å². The summed E-state index contributed by atoms with van der Waals surface area (Å²) in [4.78, 5) is 0. The highest BCUT2D eigenvalue weighted by Gasteiger charge is 2.04. The summed E-state index contributed by atoms with van der Waals surface area (Å²) in [5.74, 6) is 0.222. The molecule has 0 bridgehead atoms. The quantitative estimate of drug-likeness (QED) is 0.693. The second kappa shape index (κ2) is 4.80. The molecule has 0 spiro atoms. The van der Waals surface area contributed by atoms with E-state index in [0.29, 0.717) is 5.56 Å². The molecule has 0 radical (unpaired) electrons. The Morgan fingerprint density at radius 1 is 1.42 bits per heavy atom. The standard InChI is InChI=1S/C9H11NO.ClH/c1-2-8(10)7-5-3-4-6-9(7)11;/h2-6,8,11H,1,10H2;1H/t8-;/m0./s1. The van der Waals surface area contributed by atoms with Gasteiger partial charge in [-0.15, -0.1) is 19.0 Å². The van der Waals surface area contributed by atoms with Gasteiger partial charge in [0.15, 0.2) is 0 Å². The zero-order valence-corrected chi connectivity index (χ0v) is 7.42. The lowest BCUT2D eigenvalue weighted by Crippen LogP contribution is -2.06. The minimum atomic E-state index is -0.281. The summed E-state index contributed by atoms with van der Waals surface area (Å²) in [5.41, 5.74) is 6.33. The first-order chi connectivity index (χ1) is 5.25. The average Bonchev–Trinajstić information content (AvgIpc) is 2.04. The Bertz CT molecular complexity index is 262. The zero-order valence-electron chi connectivity index (χ0n) is 6.60. The number of nitrogens with two attached hydrogens (primary N) is 1. The number of hydrogen-bond acceptors (Lipinski definition) is 2. The maximum absolute atomic E-state index is 9.28. The van der Waals surface area contributed by atoms with Gasteiger partial charge in [0, 0.05) is 5.56 Å². The number of phenols is 1. The minimum absolute atomic E-state index is 0. The molecule has 0 aliphatic carbocycles. The third-order valence-corrected chi connectivity index (χ3v) is 1.55. The van der Waals surface area contributed by atoms with Crippen LogP contribution in [0, 0.1) is 0 Å². The Kier molecular flexibility index (Phi) is 4.40. The van der Waals surface area contributed by atoms with Crippen molar-refractivity contribution in [3.8, 4) is 5.75 Å². The van der Waals surface area contributed by atoms with E-state index in [1.54, 1.807) is 24.3 Å². The van der Waals surface area contributed by atoms with Crippen molar-refractivity contribution in [3.63, 3.8) is 0 Å². The van der Waals surface area contributed by atoms with E-state index in [9.17, 15) is 5.11 Å². The molecule has 1 aromatic rings. The fourth-order valence-corrected chi connectivity index (χ4v) is 0.896. The molecule has 3 heteroatoms. The lowest BCUT2D eigenvalue weighted by Gasteiger charge is -2.07. The van der Waals surface area contributed by atoms with Crippen molar-refractivity contribution < 1.29 is 5.11 Å². The van der Waals surface area contributed by atoms with E-state index in [1.807, 2.05) is 6.07 Å². The predicted octanol–water partition coefficient (Wildman–Crippen LogP) is 2.00. The summed E-state index contributed by atoms with van der Waals surface area (Å²) in [6, 6.07) is 6.70. The van der Waals surface area contributed by atoms with Crippen LogP contribution >= 0.6 is 12.4 Å². The van der Waals surface area contributed by atoms with Gasteiger partial charge in [0.25, 0.3) is 0 Å². The molecule has 0 aromatic heterocycles. The largest absolute Gasteiger partial charge is 0.508 e. The van der Waals surface area contributed by atoms with E-state index in [2.05, 4.69) is 6.58 Å². The highest BCUT2D eigenvalue weighted by molar-refractivity contribution is 5.85. The van der Waals surface area contributed by atoms with Gasteiger partial charge < -0.3 is 10.8 Å². The van der Waals surface area contributed by atoms with Gasteiger partial charge in [0.1, 0.15) is 5.75 Å². The Balaban J connectivity index is 0.00000121. The third kappa shape index (κ3) is 2.26. The van der Waals surface area contributed by atoms with Crippen LogP contribution in [-0.2, 0) is 0 Å². The van der Waals surface area contributed by atoms with Crippen molar-refractivity contribution in [1.82, 2.24) is 0 Å². The number of rotatable bonds is 2. The second-order valence-corrected chi connectivity index (χ2v) is 2.32. The number of hydrogen-bond donors (Lipinski definition) is 2. The van der Waals surface area contributed by atoms with Crippen LogP contribution in [0.25, 0.3) is 0 Å².